The summed E-state index contributed by atoms with van der Waals surface area (Å²) < 4.78 is 34.4. The van der Waals surface area contributed by atoms with Crippen LogP contribution in [0.5, 0.6) is 6.01 Å². The highest BCUT2D eigenvalue weighted by atomic mass is 32.2. The second kappa shape index (κ2) is 11.1. The molecule has 2 heterocycles. The summed E-state index contributed by atoms with van der Waals surface area (Å²) >= 11 is 0. The number of likely N-dealkylation sites (N-methyl/N-ethyl adjacent to an activating group) is 1. The molecule has 1 aromatic carbocycles. The quantitative estimate of drug-likeness (QED) is 0.413. The first-order chi connectivity index (χ1) is 16.1. The maximum atomic E-state index is 13.4. The number of aromatic nitrogens is 2. The monoisotopic (exact) mass is 491 g/mol. The molecule has 0 aliphatic carbocycles. The highest BCUT2D eigenvalue weighted by molar-refractivity contribution is 7.86. The number of anilines is 1. The van der Waals surface area contributed by atoms with Crippen molar-refractivity contribution in [3.63, 3.8) is 0 Å². The topological polar surface area (TPSA) is 128 Å². The Bertz CT molecular complexity index is 1070. The number of hydrogen-bond acceptors (Lipinski definition) is 9. The van der Waals surface area contributed by atoms with E-state index in [1.165, 1.54) is 5.56 Å². The van der Waals surface area contributed by atoms with Crippen LogP contribution in [0.15, 0.2) is 30.3 Å². The Morgan fingerprint density at radius 2 is 1.76 bits per heavy atom. The summed E-state index contributed by atoms with van der Waals surface area (Å²) in [5.41, 5.74) is 8.46. The zero-order chi connectivity index (χ0) is 24.9. The molecule has 0 saturated carbocycles. The molecule has 10 nitrogen and oxygen atoms in total. The molecule has 11 heteroatoms. The molecule has 1 aliphatic heterocycles. The van der Waals surface area contributed by atoms with Gasteiger partial charge in [0.05, 0.1) is 23.3 Å². The number of ether oxygens (including phenoxy) is 1. The van der Waals surface area contributed by atoms with Gasteiger partial charge in [-0.3, -0.25) is 9.69 Å². The van der Waals surface area contributed by atoms with E-state index in [-0.39, 0.29) is 12.1 Å². The normalized spacial score (nSPS) is 16.2. The van der Waals surface area contributed by atoms with E-state index in [4.69, 9.17) is 14.7 Å². The van der Waals surface area contributed by atoms with E-state index >= 15 is 0 Å². The van der Waals surface area contributed by atoms with E-state index in [1.807, 2.05) is 25.1 Å². The van der Waals surface area contributed by atoms with Crippen molar-refractivity contribution in [3.8, 4) is 6.01 Å². The van der Waals surface area contributed by atoms with Gasteiger partial charge >= 0.3 is 6.01 Å². The summed E-state index contributed by atoms with van der Waals surface area (Å²) in [4.78, 5) is 25.6. The number of piperidine rings is 1. The van der Waals surface area contributed by atoms with Gasteiger partial charge in [-0.25, -0.2) is 4.18 Å². The fraction of sp³-hybridized carbons (Fsp3) is 0.522. The van der Waals surface area contributed by atoms with Crippen LogP contribution in [0.25, 0.3) is 0 Å². The Hall–Kier alpha value is -2.76. The van der Waals surface area contributed by atoms with E-state index in [1.54, 1.807) is 18.7 Å². The first-order valence-electron chi connectivity index (χ1n) is 11.3. The summed E-state index contributed by atoms with van der Waals surface area (Å²) in [5, 5.41) is 0. The molecule has 186 valence electrons. The maximum Gasteiger partial charge on any atom is 0.319 e. The van der Waals surface area contributed by atoms with Gasteiger partial charge in [-0.05, 0) is 39.2 Å². The van der Waals surface area contributed by atoms with E-state index in [0.29, 0.717) is 23.6 Å². The van der Waals surface area contributed by atoms with Crippen LogP contribution >= 0.6 is 0 Å². The van der Waals surface area contributed by atoms with E-state index in [9.17, 15) is 13.2 Å². The van der Waals surface area contributed by atoms with Crippen LogP contribution in [-0.4, -0.2) is 72.3 Å². The summed E-state index contributed by atoms with van der Waals surface area (Å²) in [6.07, 6.45) is 0.665. The van der Waals surface area contributed by atoms with Gasteiger partial charge in [-0.2, -0.15) is 18.4 Å². The standard InChI is InChI=1S/C23H33N5O5S/c1-5-28(19-11-13-27(14-12-19)15-18-9-7-6-8-10-18)21(29)22(33-34(4,30)31)32-23-25-16(2)20(24)17(3)26-23/h6-10,19,22H,5,11-15,24H2,1-4H3. The molecule has 0 radical (unpaired) electrons. The minimum Gasteiger partial charge on any atom is -0.422 e. The van der Waals surface area contributed by atoms with Gasteiger partial charge in [0.25, 0.3) is 22.3 Å². The molecule has 1 aromatic heterocycles. The lowest BCUT2D eigenvalue weighted by Crippen LogP contribution is -2.52. The number of aryl methyl sites for hydroxylation is 2. The Morgan fingerprint density at radius 1 is 1.18 bits per heavy atom. The van der Waals surface area contributed by atoms with E-state index < -0.39 is 22.3 Å². The third-order valence-electron chi connectivity index (χ3n) is 5.85. The lowest BCUT2D eigenvalue weighted by Gasteiger charge is -2.39. The van der Waals surface area contributed by atoms with Crippen molar-refractivity contribution in [2.24, 2.45) is 0 Å². The van der Waals surface area contributed by atoms with Crippen molar-refractivity contribution in [1.29, 1.82) is 0 Å². The number of rotatable bonds is 9. The van der Waals surface area contributed by atoms with Gasteiger partial charge in [-0.15, -0.1) is 0 Å². The fourth-order valence-corrected chi connectivity index (χ4v) is 4.51. The molecule has 1 atom stereocenters. The summed E-state index contributed by atoms with van der Waals surface area (Å²) in [7, 11) is -3.99. The lowest BCUT2D eigenvalue weighted by atomic mass is 10.0. The first-order valence-corrected chi connectivity index (χ1v) is 13.1. The summed E-state index contributed by atoms with van der Waals surface area (Å²) in [6.45, 7) is 8.07. The largest absolute Gasteiger partial charge is 0.422 e. The number of nitrogens with zero attached hydrogens (tertiary/aromatic N) is 4. The molecule has 2 N–H and O–H groups in total. The van der Waals surface area contributed by atoms with Crippen molar-refractivity contribution in [1.82, 2.24) is 19.8 Å². The Balaban J connectivity index is 1.71. The second-order valence-electron chi connectivity index (χ2n) is 8.46. The summed E-state index contributed by atoms with van der Waals surface area (Å²) in [5.74, 6) is -0.579. The molecule has 1 unspecified atom stereocenters. The van der Waals surface area contributed by atoms with Crippen LogP contribution in [-0.2, 0) is 25.6 Å². The molecule has 1 amide bonds. The Morgan fingerprint density at radius 3 is 2.29 bits per heavy atom. The number of benzene rings is 1. The van der Waals surface area contributed by atoms with Crippen molar-refractivity contribution in [3.05, 3.63) is 47.3 Å². The molecule has 1 saturated heterocycles. The predicted octanol–water partition coefficient (Wildman–Crippen LogP) is 1.87. The smallest absolute Gasteiger partial charge is 0.319 e. The van der Waals surface area contributed by atoms with Crippen LogP contribution in [0.4, 0.5) is 5.69 Å². The SMILES string of the molecule is CCN(C(=O)C(Oc1nc(C)c(N)c(C)n1)OS(C)(=O)=O)C1CCN(Cc2ccccc2)CC1. The van der Waals surface area contributed by atoms with Gasteiger partial charge in [0, 0.05) is 32.2 Å². The van der Waals surface area contributed by atoms with Crippen LogP contribution in [0.3, 0.4) is 0 Å². The van der Waals surface area contributed by atoms with Crippen LogP contribution in [0, 0.1) is 13.8 Å². The van der Waals surface area contributed by atoms with Crippen LogP contribution in [0.2, 0.25) is 0 Å². The Labute approximate surface area is 201 Å². The highest BCUT2D eigenvalue weighted by Gasteiger charge is 2.35. The fourth-order valence-electron chi connectivity index (χ4n) is 4.07. The zero-order valence-electron chi connectivity index (χ0n) is 20.1. The molecule has 0 bridgehead atoms. The lowest BCUT2D eigenvalue weighted by molar-refractivity contribution is -0.155. The van der Waals surface area contributed by atoms with Gasteiger partial charge in [0.1, 0.15) is 0 Å². The van der Waals surface area contributed by atoms with E-state index in [0.717, 1.165) is 38.7 Å². The van der Waals surface area contributed by atoms with E-state index in [2.05, 4.69) is 27.0 Å². The number of hydrogen-bond donors (Lipinski definition) is 1. The molecular weight excluding hydrogens is 458 g/mol. The molecular formula is C23H33N5O5S. The molecule has 1 aliphatic rings. The average Bonchev–Trinajstić information content (AvgIpc) is 2.78. The van der Waals surface area contributed by atoms with Gasteiger partial charge < -0.3 is 15.4 Å². The number of nitrogen functional groups attached to an aromatic ring is 1. The minimum atomic E-state index is -3.99. The zero-order valence-corrected chi connectivity index (χ0v) is 20.9. The van der Waals surface area contributed by atoms with Crippen LogP contribution in [0.1, 0.15) is 36.7 Å². The molecule has 3 rings (SSSR count). The molecule has 0 spiro atoms. The first kappa shape index (κ1) is 25.9. The average molecular weight is 492 g/mol. The van der Waals surface area contributed by atoms with Crippen molar-refractivity contribution < 1.29 is 22.1 Å². The molecule has 34 heavy (non-hydrogen) atoms. The molecule has 1 fully saturated rings. The minimum absolute atomic E-state index is 0.0606. The predicted molar refractivity (Wildman–Crippen MR) is 128 cm³/mol. The number of amides is 1. The maximum absolute atomic E-state index is 13.4. The van der Waals surface area contributed by atoms with Gasteiger partial charge in [-0.1, -0.05) is 30.3 Å². The number of likely N-dealkylation sites (tertiary alicyclic amines) is 1. The molecule has 2 aromatic rings. The van der Waals surface area contributed by atoms with Crippen molar-refractivity contribution in [2.75, 3.05) is 31.6 Å². The number of nitrogens with two attached hydrogens (primary N) is 1. The third kappa shape index (κ3) is 6.87. The third-order valence-corrected chi connectivity index (χ3v) is 6.38. The number of carbonyl (C=O) groups is 1. The van der Waals surface area contributed by atoms with Crippen molar-refractivity contribution in [2.45, 2.75) is 52.5 Å². The van der Waals surface area contributed by atoms with Gasteiger partial charge in [0.2, 0.25) is 0 Å². The second-order valence-corrected chi connectivity index (χ2v) is 10.1. The van der Waals surface area contributed by atoms with Crippen LogP contribution < -0.4 is 10.5 Å². The summed E-state index contributed by atoms with van der Waals surface area (Å²) in [6, 6.07) is 10.0. The Kier molecular flexibility index (Phi) is 8.45. The highest BCUT2D eigenvalue weighted by Crippen LogP contribution is 2.22. The van der Waals surface area contributed by atoms with Gasteiger partial charge in [0.15, 0.2) is 0 Å². The van der Waals surface area contributed by atoms with Crippen molar-refractivity contribution >= 4 is 21.7 Å². The number of carbonyl (C=O) groups excluding carboxylic acids is 1.